The monoisotopic (exact) mass is 282 g/mol. The van der Waals surface area contributed by atoms with E-state index in [4.69, 9.17) is 8.48 Å². The van der Waals surface area contributed by atoms with Crippen molar-refractivity contribution >= 4 is 23.2 Å². The summed E-state index contributed by atoms with van der Waals surface area (Å²) in [6.45, 7) is 3.70. The molecule has 4 nitrogen and oxygen atoms in total. The summed E-state index contributed by atoms with van der Waals surface area (Å²) in [5.41, 5.74) is 8.19. The Kier molecular flexibility index (Phi) is 2.50. The number of fused-ring (bicyclic) bond motifs is 2. The van der Waals surface area contributed by atoms with Gasteiger partial charge in [-0.1, -0.05) is 18.2 Å². The predicted molar refractivity (Wildman–Crippen MR) is 82.1 cm³/mol. The van der Waals surface area contributed by atoms with Crippen LogP contribution >= 0.6 is 0 Å². The SMILES string of the molecule is [2H]C1([2H])C(=O)c2cc(C)c(C)cc2N(C(N)=O)c2ccccc21. The molecule has 106 valence electrons. The highest BCUT2D eigenvalue weighted by Gasteiger charge is 2.28. The third-order valence-electron chi connectivity index (χ3n) is 3.71. The van der Waals surface area contributed by atoms with Crippen LogP contribution in [0.3, 0.4) is 0 Å². The van der Waals surface area contributed by atoms with E-state index in [1.54, 1.807) is 30.3 Å². The van der Waals surface area contributed by atoms with Crippen molar-refractivity contribution in [2.75, 3.05) is 4.90 Å². The van der Waals surface area contributed by atoms with E-state index in [0.717, 1.165) is 11.1 Å². The first-order chi connectivity index (χ1) is 10.7. The first kappa shape index (κ1) is 11.1. The van der Waals surface area contributed by atoms with Gasteiger partial charge < -0.3 is 5.73 Å². The number of urea groups is 1. The second kappa shape index (κ2) is 4.74. The summed E-state index contributed by atoms with van der Waals surface area (Å²) in [4.78, 5) is 26.1. The van der Waals surface area contributed by atoms with E-state index in [-0.39, 0.29) is 11.1 Å². The number of Topliss-reactive ketones (excluding diaryl/α,β-unsaturated/α-hetero) is 1. The number of primary amides is 1. The summed E-state index contributed by atoms with van der Waals surface area (Å²) in [5, 5.41) is 0. The Morgan fingerprint density at radius 1 is 1.19 bits per heavy atom. The lowest BCUT2D eigenvalue weighted by Crippen LogP contribution is -2.32. The van der Waals surface area contributed by atoms with Crippen LogP contribution in [0.5, 0.6) is 0 Å². The van der Waals surface area contributed by atoms with Crippen molar-refractivity contribution in [2.45, 2.75) is 20.2 Å². The lowest BCUT2D eigenvalue weighted by Gasteiger charge is -2.23. The van der Waals surface area contributed by atoms with E-state index in [1.807, 2.05) is 13.8 Å². The van der Waals surface area contributed by atoms with Crippen LogP contribution in [0.4, 0.5) is 16.2 Å². The average molecular weight is 282 g/mol. The fourth-order valence-corrected chi connectivity index (χ4v) is 2.50. The van der Waals surface area contributed by atoms with Crippen LogP contribution in [0.2, 0.25) is 0 Å². The molecule has 2 N–H and O–H groups in total. The summed E-state index contributed by atoms with van der Waals surface area (Å²) in [6.07, 6.45) is -2.24. The molecule has 0 aliphatic carbocycles. The van der Waals surface area contributed by atoms with Gasteiger partial charge in [-0.3, -0.25) is 9.69 Å². The van der Waals surface area contributed by atoms with Gasteiger partial charge in [0.15, 0.2) is 5.78 Å². The van der Waals surface area contributed by atoms with E-state index in [1.165, 1.54) is 11.0 Å². The molecule has 2 amide bonds. The average Bonchev–Trinajstić information content (AvgIpc) is 2.55. The van der Waals surface area contributed by atoms with Crippen LogP contribution in [0.15, 0.2) is 36.4 Å². The molecule has 1 aliphatic heterocycles. The van der Waals surface area contributed by atoms with E-state index in [2.05, 4.69) is 0 Å². The summed E-state index contributed by atoms with van der Waals surface area (Å²) in [6, 6.07) is 8.98. The van der Waals surface area contributed by atoms with Gasteiger partial charge in [0.25, 0.3) is 0 Å². The van der Waals surface area contributed by atoms with Crippen molar-refractivity contribution < 1.29 is 12.3 Å². The van der Waals surface area contributed by atoms with Gasteiger partial charge in [-0.15, -0.1) is 0 Å². The zero-order valence-electron chi connectivity index (χ0n) is 13.8. The van der Waals surface area contributed by atoms with Gasteiger partial charge in [0.2, 0.25) is 0 Å². The lowest BCUT2D eigenvalue weighted by atomic mass is 9.99. The Balaban J connectivity index is 2.45. The van der Waals surface area contributed by atoms with Crippen molar-refractivity contribution in [3.8, 4) is 0 Å². The van der Waals surface area contributed by atoms with Crippen LogP contribution < -0.4 is 10.6 Å². The van der Waals surface area contributed by atoms with Crippen LogP contribution in [-0.2, 0) is 6.37 Å². The first-order valence-corrected chi connectivity index (χ1v) is 6.60. The number of anilines is 2. The number of carbonyl (C=O) groups is 2. The largest absolute Gasteiger partial charge is 0.351 e. The smallest absolute Gasteiger partial charge is 0.323 e. The van der Waals surface area contributed by atoms with Crippen LogP contribution in [-0.4, -0.2) is 11.8 Å². The Bertz CT molecular complexity index is 846. The van der Waals surface area contributed by atoms with Crippen molar-refractivity contribution in [3.05, 3.63) is 58.7 Å². The third kappa shape index (κ3) is 2.09. The van der Waals surface area contributed by atoms with E-state index >= 15 is 0 Å². The molecule has 1 aliphatic rings. The van der Waals surface area contributed by atoms with Crippen LogP contribution in [0, 0.1) is 13.8 Å². The molecule has 0 radical (unpaired) electrons. The van der Waals surface area contributed by atoms with Gasteiger partial charge >= 0.3 is 6.03 Å². The number of ketones is 1. The molecule has 0 saturated carbocycles. The Hall–Kier alpha value is -2.62. The molecule has 0 spiro atoms. The highest BCUT2D eigenvalue weighted by Crippen LogP contribution is 2.37. The number of carbonyl (C=O) groups excluding carboxylic acids is 2. The Labute approximate surface area is 126 Å². The fraction of sp³-hybridized carbons (Fsp3) is 0.176. The number of hydrogen-bond donors (Lipinski definition) is 1. The van der Waals surface area contributed by atoms with Crippen molar-refractivity contribution in [1.29, 1.82) is 0 Å². The molecule has 0 saturated heterocycles. The Morgan fingerprint density at radius 3 is 2.57 bits per heavy atom. The summed E-state index contributed by atoms with van der Waals surface area (Å²) in [7, 11) is 0. The van der Waals surface area contributed by atoms with Crippen LogP contribution in [0.25, 0.3) is 0 Å². The molecule has 2 aromatic rings. The molecular formula is C17H16N2O2. The molecule has 0 atom stereocenters. The van der Waals surface area contributed by atoms with E-state index in [9.17, 15) is 9.59 Å². The van der Waals surface area contributed by atoms with Crippen molar-refractivity contribution in [2.24, 2.45) is 5.73 Å². The van der Waals surface area contributed by atoms with Gasteiger partial charge in [-0.2, -0.15) is 0 Å². The topological polar surface area (TPSA) is 63.4 Å². The van der Waals surface area contributed by atoms with Gasteiger partial charge in [-0.05, 0) is 48.7 Å². The van der Waals surface area contributed by atoms with Crippen LogP contribution in [0.1, 0.15) is 29.8 Å². The lowest BCUT2D eigenvalue weighted by molar-refractivity contribution is 0.0994. The number of benzene rings is 2. The molecule has 0 aromatic heterocycles. The highest BCUT2D eigenvalue weighted by atomic mass is 16.2. The minimum Gasteiger partial charge on any atom is -0.351 e. The van der Waals surface area contributed by atoms with Crippen molar-refractivity contribution in [3.63, 3.8) is 0 Å². The van der Waals surface area contributed by atoms with Gasteiger partial charge in [0.05, 0.1) is 11.4 Å². The van der Waals surface area contributed by atoms with E-state index in [0.29, 0.717) is 11.4 Å². The van der Waals surface area contributed by atoms with Crippen molar-refractivity contribution in [1.82, 2.24) is 0 Å². The second-order valence-electron chi connectivity index (χ2n) is 5.10. The molecule has 2 aromatic carbocycles. The molecule has 3 rings (SSSR count). The van der Waals surface area contributed by atoms with E-state index < -0.39 is 18.2 Å². The number of aryl methyl sites for hydroxylation is 2. The number of hydrogen-bond acceptors (Lipinski definition) is 2. The molecule has 0 fully saturated rings. The number of rotatable bonds is 0. The van der Waals surface area contributed by atoms with Gasteiger partial charge in [-0.25, -0.2) is 4.79 Å². The predicted octanol–water partition coefficient (Wildman–Crippen LogP) is 3.26. The number of para-hydroxylation sites is 1. The number of amides is 2. The molecular weight excluding hydrogens is 264 g/mol. The molecule has 1 heterocycles. The zero-order chi connectivity index (χ0) is 16.9. The normalized spacial score (nSPS) is 17.2. The second-order valence-corrected chi connectivity index (χ2v) is 5.10. The number of nitrogens with two attached hydrogens (primary N) is 1. The number of nitrogens with zero attached hydrogens (tertiary/aromatic N) is 1. The quantitative estimate of drug-likeness (QED) is 0.806. The minimum atomic E-state index is -2.24. The summed E-state index contributed by atoms with van der Waals surface area (Å²) in [5.74, 6) is -0.674. The fourth-order valence-electron chi connectivity index (χ4n) is 2.50. The molecule has 21 heavy (non-hydrogen) atoms. The molecule has 4 heteroatoms. The Morgan fingerprint density at radius 2 is 1.86 bits per heavy atom. The maximum absolute atomic E-state index is 12.8. The van der Waals surface area contributed by atoms with Gasteiger partial charge in [0, 0.05) is 14.7 Å². The zero-order valence-corrected chi connectivity index (χ0v) is 11.8. The highest BCUT2D eigenvalue weighted by molar-refractivity contribution is 6.12. The molecule has 0 unspecified atom stereocenters. The van der Waals surface area contributed by atoms with Gasteiger partial charge in [0.1, 0.15) is 0 Å². The standard InChI is InChI=1S/C17H16N2O2/c1-10-7-13-15(8-11(10)2)19(17(18)21)14-6-4-3-5-12(14)9-16(13)20/h3-8H,9H2,1-2H3,(H2,18,21)/i9D2. The molecule has 0 bridgehead atoms. The maximum Gasteiger partial charge on any atom is 0.323 e. The third-order valence-corrected chi connectivity index (χ3v) is 3.71. The first-order valence-electron chi connectivity index (χ1n) is 7.60. The maximum atomic E-state index is 12.8. The minimum absolute atomic E-state index is 0.135. The summed E-state index contributed by atoms with van der Waals surface area (Å²) < 4.78 is 16.6. The summed E-state index contributed by atoms with van der Waals surface area (Å²) >= 11 is 0.